The molecule has 0 fully saturated rings. The third-order valence-electron chi connectivity index (χ3n) is 3.74. The number of hydrogen-bond donors (Lipinski definition) is 1. The SMILES string of the molecule is CCCCCCCCC(Cc1ccccc1F)NC. The minimum Gasteiger partial charge on any atom is -0.317 e. The summed E-state index contributed by atoms with van der Waals surface area (Å²) in [7, 11) is 1.97. The van der Waals surface area contributed by atoms with Gasteiger partial charge in [0.05, 0.1) is 0 Å². The lowest BCUT2D eigenvalue weighted by molar-refractivity contribution is 0.471. The van der Waals surface area contributed by atoms with E-state index in [9.17, 15) is 4.39 Å². The Morgan fingerprint density at radius 2 is 1.74 bits per heavy atom. The predicted octanol–water partition coefficient (Wildman–Crippen LogP) is 4.71. The normalized spacial score (nSPS) is 12.6. The van der Waals surface area contributed by atoms with Gasteiger partial charge in [-0.2, -0.15) is 0 Å². The summed E-state index contributed by atoms with van der Waals surface area (Å²) in [5, 5.41) is 3.31. The van der Waals surface area contributed by atoms with Gasteiger partial charge in [-0.15, -0.1) is 0 Å². The molecular weight excluding hydrogens is 237 g/mol. The topological polar surface area (TPSA) is 12.0 Å². The van der Waals surface area contributed by atoms with E-state index in [-0.39, 0.29) is 5.82 Å². The van der Waals surface area contributed by atoms with E-state index in [0.717, 1.165) is 18.4 Å². The minimum absolute atomic E-state index is 0.0781. The van der Waals surface area contributed by atoms with E-state index in [1.807, 2.05) is 19.2 Å². The van der Waals surface area contributed by atoms with Crippen LogP contribution in [-0.4, -0.2) is 13.1 Å². The van der Waals surface area contributed by atoms with Gasteiger partial charge in [0.15, 0.2) is 0 Å². The molecule has 108 valence electrons. The van der Waals surface area contributed by atoms with Crippen LogP contribution in [0.5, 0.6) is 0 Å². The summed E-state index contributed by atoms with van der Waals surface area (Å²) in [5.74, 6) is -0.0781. The van der Waals surface area contributed by atoms with Crippen LogP contribution in [0.1, 0.15) is 57.4 Å². The van der Waals surface area contributed by atoms with Crippen LogP contribution < -0.4 is 5.32 Å². The van der Waals surface area contributed by atoms with E-state index in [1.165, 1.54) is 38.5 Å². The average molecular weight is 265 g/mol. The third-order valence-corrected chi connectivity index (χ3v) is 3.74. The van der Waals surface area contributed by atoms with E-state index in [1.54, 1.807) is 12.1 Å². The smallest absolute Gasteiger partial charge is 0.126 e. The van der Waals surface area contributed by atoms with Gasteiger partial charge in [-0.25, -0.2) is 4.39 Å². The van der Waals surface area contributed by atoms with Crippen LogP contribution in [0.25, 0.3) is 0 Å². The van der Waals surface area contributed by atoms with Crippen LogP contribution in [0.15, 0.2) is 24.3 Å². The van der Waals surface area contributed by atoms with Crippen molar-refractivity contribution in [2.24, 2.45) is 0 Å². The van der Waals surface area contributed by atoms with Gasteiger partial charge in [-0.05, 0) is 31.5 Å². The molecule has 2 heteroatoms. The van der Waals surface area contributed by atoms with Crippen LogP contribution in [0.3, 0.4) is 0 Å². The zero-order chi connectivity index (χ0) is 13.9. The van der Waals surface area contributed by atoms with Crippen molar-refractivity contribution in [3.05, 3.63) is 35.6 Å². The Labute approximate surface area is 117 Å². The van der Waals surface area contributed by atoms with Crippen molar-refractivity contribution in [1.29, 1.82) is 0 Å². The summed E-state index contributed by atoms with van der Waals surface area (Å²) >= 11 is 0. The Kier molecular flexibility index (Phi) is 8.48. The van der Waals surface area contributed by atoms with Gasteiger partial charge in [0.25, 0.3) is 0 Å². The lowest BCUT2D eigenvalue weighted by atomic mass is 9.99. The molecule has 0 aromatic heterocycles. The van der Waals surface area contributed by atoms with Crippen LogP contribution in [0, 0.1) is 5.82 Å². The second kappa shape index (κ2) is 9.96. The van der Waals surface area contributed by atoms with Gasteiger partial charge in [-0.1, -0.05) is 63.6 Å². The highest BCUT2D eigenvalue weighted by atomic mass is 19.1. The van der Waals surface area contributed by atoms with Gasteiger partial charge in [0.2, 0.25) is 0 Å². The molecule has 0 heterocycles. The molecule has 1 aromatic rings. The van der Waals surface area contributed by atoms with Crippen molar-refractivity contribution in [2.45, 2.75) is 64.3 Å². The Bertz CT molecular complexity index is 338. The first kappa shape index (κ1) is 16.2. The molecule has 1 unspecified atom stereocenters. The molecule has 0 aliphatic rings. The number of rotatable bonds is 10. The summed E-state index contributed by atoms with van der Waals surface area (Å²) in [6.45, 7) is 2.24. The number of nitrogens with one attached hydrogen (secondary N) is 1. The number of benzene rings is 1. The Balaban J connectivity index is 2.24. The van der Waals surface area contributed by atoms with Crippen LogP contribution in [0.4, 0.5) is 4.39 Å². The largest absolute Gasteiger partial charge is 0.317 e. The molecule has 0 spiro atoms. The number of halogens is 1. The van der Waals surface area contributed by atoms with Crippen LogP contribution in [-0.2, 0) is 6.42 Å². The number of hydrogen-bond acceptors (Lipinski definition) is 1. The van der Waals surface area contributed by atoms with Gasteiger partial charge in [0, 0.05) is 6.04 Å². The second-order valence-corrected chi connectivity index (χ2v) is 5.34. The minimum atomic E-state index is -0.0781. The molecule has 1 N–H and O–H groups in total. The van der Waals surface area contributed by atoms with Crippen molar-refractivity contribution in [2.75, 3.05) is 7.05 Å². The first-order valence-electron chi connectivity index (χ1n) is 7.68. The molecule has 0 aliphatic heterocycles. The number of likely N-dealkylation sites (N-methyl/N-ethyl adjacent to an activating group) is 1. The van der Waals surface area contributed by atoms with Gasteiger partial charge in [-0.3, -0.25) is 0 Å². The molecule has 0 amide bonds. The monoisotopic (exact) mass is 265 g/mol. The maximum Gasteiger partial charge on any atom is 0.126 e. The molecule has 0 bridgehead atoms. The molecule has 0 saturated carbocycles. The molecule has 0 aliphatic carbocycles. The highest BCUT2D eigenvalue weighted by Gasteiger charge is 2.09. The zero-order valence-corrected chi connectivity index (χ0v) is 12.4. The zero-order valence-electron chi connectivity index (χ0n) is 12.4. The highest BCUT2D eigenvalue weighted by Crippen LogP contribution is 2.14. The lowest BCUT2D eigenvalue weighted by Crippen LogP contribution is -2.27. The molecule has 0 radical (unpaired) electrons. The standard InChI is InChI=1S/C17H28FN/c1-3-4-5-6-7-8-12-16(19-2)14-15-11-9-10-13-17(15)18/h9-11,13,16,19H,3-8,12,14H2,1-2H3. The fraction of sp³-hybridized carbons (Fsp3) is 0.647. The molecule has 1 aromatic carbocycles. The van der Waals surface area contributed by atoms with E-state index in [0.29, 0.717) is 6.04 Å². The average Bonchev–Trinajstić information content (AvgIpc) is 2.43. The first-order valence-corrected chi connectivity index (χ1v) is 7.68. The maximum absolute atomic E-state index is 13.6. The van der Waals surface area contributed by atoms with Crippen molar-refractivity contribution in [3.63, 3.8) is 0 Å². The summed E-state index contributed by atoms with van der Waals surface area (Å²) in [5.41, 5.74) is 0.827. The van der Waals surface area contributed by atoms with Crippen LogP contribution >= 0.6 is 0 Å². The highest BCUT2D eigenvalue weighted by molar-refractivity contribution is 5.18. The van der Waals surface area contributed by atoms with Gasteiger partial charge >= 0.3 is 0 Å². The van der Waals surface area contributed by atoms with Gasteiger partial charge in [0.1, 0.15) is 5.82 Å². The molecule has 1 rings (SSSR count). The second-order valence-electron chi connectivity index (χ2n) is 5.34. The van der Waals surface area contributed by atoms with Crippen molar-refractivity contribution >= 4 is 0 Å². The predicted molar refractivity (Wildman–Crippen MR) is 80.9 cm³/mol. The summed E-state index contributed by atoms with van der Waals surface area (Å²) in [6.07, 6.45) is 9.81. The molecule has 0 saturated heterocycles. The maximum atomic E-state index is 13.6. The quantitative estimate of drug-likeness (QED) is 0.604. The molecule has 1 atom stereocenters. The lowest BCUT2D eigenvalue weighted by Gasteiger charge is -2.16. The summed E-state index contributed by atoms with van der Waals surface area (Å²) in [6, 6.07) is 7.49. The van der Waals surface area contributed by atoms with Crippen molar-refractivity contribution < 1.29 is 4.39 Å². The Morgan fingerprint density at radius 1 is 1.05 bits per heavy atom. The molecule has 1 nitrogen and oxygen atoms in total. The summed E-state index contributed by atoms with van der Waals surface area (Å²) in [4.78, 5) is 0. The third kappa shape index (κ3) is 6.72. The Hall–Kier alpha value is -0.890. The van der Waals surface area contributed by atoms with Crippen molar-refractivity contribution in [1.82, 2.24) is 5.32 Å². The van der Waals surface area contributed by atoms with Crippen LogP contribution in [0.2, 0.25) is 0 Å². The van der Waals surface area contributed by atoms with E-state index in [4.69, 9.17) is 0 Å². The summed E-state index contributed by atoms with van der Waals surface area (Å²) < 4.78 is 13.6. The molecule has 19 heavy (non-hydrogen) atoms. The van der Waals surface area contributed by atoms with Crippen molar-refractivity contribution in [3.8, 4) is 0 Å². The Morgan fingerprint density at radius 3 is 2.42 bits per heavy atom. The van der Waals surface area contributed by atoms with Gasteiger partial charge < -0.3 is 5.32 Å². The fourth-order valence-electron chi connectivity index (χ4n) is 2.45. The number of unbranched alkanes of at least 4 members (excludes halogenated alkanes) is 5. The fourth-order valence-corrected chi connectivity index (χ4v) is 2.45. The van der Waals surface area contributed by atoms with E-state index >= 15 is 0 Å². The molecular formula is C17H28FN. The first-order chi connectivity index (χ1) is 9.27. The van der Waals surface area contributed by atoms with E-state index < -0.39 is 0 Å². The van der Waals surface area contributed by atoms with E-state index in [2.05, 4.69) is 12.2 Å².